The zero-order chi connectivity index (χ0) is 37.7. The highest BCUT2D eigenvalue weighted by Crippen LogP contribution is 2.33. The number of primary amides is 1. The average Bonchev–Trinajstić information content (AvgIpc) is 3.45. The maximum atomic E-state index is 14.4. The van der Waals surface area contributed by atoms with E-state index in [1.165, 1.54) is 4.90 Å². The number of ether oxygens (including phenoxy) is 1. The third-order valence-electron chi connectivity index (χ3n) is 9.22. The van der Waals surface area contributed by atoms with Crippen molar-refractivity contribution >= 4 is 40.5 Å². The minimum Gasteiger partial charge on any atom is -0.444 e. The number of benzene rings is 2. The van der Waals surface area contributed by atoms with Gasteiger partial charge in [-0.15, -0.1) is 0 Å². The van der Waals surface area contributed by atoms with Crippen molar-refractivity contribution in [3.05, 3.63) is 82.0 Å². The molecule has 52 heavy (non-hydrogen) atoms. The number of hydrogen-bond acceptors (Lipinski definition) is 7. The van der Waals surface area contributed by atoms with Crippen LogP contribution in [0.25, 0.3) is 22.2 Å². The summed E-state index contributed by atoms with van der Waals surface area (Å²) in [6.07, 6.45) is 2.26. The number of nitrogens with one attached hydrogen (secondary N) is 4. The highest BCUT2D eigenvalue weighted by molar-refractivity contribution is 6.02. The van der Waals surface area contributed by atoms with E-state index in [1.807, 2.05) is 71.9 Å². The standard InChI is InChI=1S/C39H49N7O6/c1-22(2)42-35(48)31-18-16-29(23(3)43-31)26-11-7-24(8-12-26)19-33(34(40)47)46(28-15-17-30-32(20-28)45-37(50)44-30)36(49)27-13-9-25(10-14-27)21-41-38(51)52-39(4,5)6/h7-8,11-12,15-18,20,22,25,27,33H,9-10,13-14,19,21H2,1-6H3,(H2,40,47)(H,41,51)(H,42,48)(H2,44,45,50)/t25-,27-,33-/m0/s1. The number of H-pyrrole nitrogens is 2. The van der Waals surface area contributed by atoms with Gasteiger partial charge in [-0.1, -0.05) is 30.3 Å². The predicted molar refractivity (Wildman–Crippen MR) is 200 cm³/mol. The molecule has 0 radical (unpaired) electrons. The molecule has 1 saturated carbocycles. The summed E-state index contributed by atoms with van der Waals surface area (Å²) in [6, 6.07) is 15.2. The van der Waals surface area contributed by atoms with Gasteiger partial charge < -0.3 is 31.1 Å². The van der Waals surface area contributed by atoms with Crippen molar-refractivity contribution in [1.82, 2.24) is 25.6 Å². The van der Waals surface area contributed by atoms with Crippen molar-refractivity contribution in [2.24, 2.45) is 17.6 Å². The Morgan fingerprint density at radius 3 is 2.25 bits per heavy atom. The maximum Gasteiger partial charge on any atom is 0.407 e. The fraction of sp³-hybridized carbons (Fsp3) is 0.436. The summed E-state index contributed by atoms with van der Waals surface area (Å²) in [5, 5.41) is 5.70. The van der Waals surface area contributed by atoms with Crippen molar-refractivity contribution in [3.8, 4) is 11.1 Å². The second-order valence-electron chi connectivity index (χ2n) is 14.9. The number of amides is 4. The lowest BCUT2D eigenvalue weighted by molar-refractivity contribution is -0.127. The smallest absolute Gasteiger partial charge is 0.407 e. The number of carbonyl (C=O) groups excluding carboxylic acids is 4. The van der Waals surface area contributed by atoms with Gasteiger partial charge in [0.05, 0.1) is 11.0 Å². The van der Waals surface area contributed by atoms with Crippen LogP contribution >= 0.6 is 0 Å². The van der Waals surface area contributed by atoms with Gasteiger partial charge in [0.2, 0.25) is 11.8 Å². The number of anilines is 1. The van der Waals surface area contributed by atoms with E-state index >= 15 is 0 Å². The molecule has 13 nitrogen and oxygen atoms in total. The Bertz CT molecular complexity index is 1980. The molecular formula is C39H49N7O6. The van der Waals surface area contributed by atoms with E-state index < -0.39 is 23.6 Å². The first-order valence-corrected chi connectivity index (χ1v) is 17.8. The largest absolute Gasteiger partial charge is 0.444 e. The Labute approximate surface area is 303 Å². The number of aromatic nitrogens is 3. The molecule has 276 valence electrons. The summed E-state index contributed by atoms with van der Waals surface area (Å²) in [4.78, 5) is 75.8. The Kier molecular flexibility index (Phi) is 11.5. The molecule has 1 aliphatic carbocycles. The van der Waals surface area contributed by atoms with Crippen LogP contribution in [0.5, 0.6) is 0 Å². The first kappa shape index (κ1) is 37.8. The highest BCUT2D eigenvalue weighted by Gasteiger charge is 2.36. The van der Waals surface area contributed by atoms with Crippen LogP contribution in [0.15, 0.2) is 59.4 Å². The first-order chi connectivity index (χ1) is 24.6. The summed E-state index contributed by atoms with van der Waals surface area (Å²) in [5.74, 6) is -1.31. The van der Waals surface area contributed by atoms with Crippen LogP contribution in [0, 0.1) is 18.8 Å². The van der Waals surface area contributed by atoms with Crippen LogP contribution in [0.2, 0.25) is 0 Å². The number of hydrogen-bond donors (Lipinski definition) is 5. The molecule has 4 amide bonds. The number of fused-ring (bicyclic) bond motifs is 1. The molecule has 0 unspecified atom stereocenters. The van der Waals surface area contributed by atoms with Gasteiger partial charge in [-0.3, -0.25) is 19.3 Å². The normalized spacial score (nSPS) is 16.7. The number of alkyl carbamates (subject to hydrolysis) is 1. The highest BCUT2D eigenvalue weighted by atomic mass is 16.6. The number of pyridine rings is 1. The monoisotopic (exact) mass is 711 g/mol. The lowest BCUT2D eigenvalue weighted by atomic mass is 9.81. The number of carbonyl (C=O) groups is 4. The third-order valence-corrected chi connectivity index (χ3v) is 9.22. The topological polar surface area (TPSA) is 192 Å². The van der Waals surface area contributed by atoms with Crippen LogP contribution in [-0.2, 0) is 20.7 Å². The molecule has 0 bridgehead atoms. The Morgan fingerprint density at radius 1 is 0.962 bits per heavy atom. The van der Waals surface area contributed by atoms with Gasteiger partial charge in [-0.05, 0) is 109 Å². The van der Waals surface area contributed by atoms with Crippen molar-refractivity contribution in [1.29, 1.82) is 0 Å². The fourth-order valence-electron chi connectivity index (χ4n) is 6.67. The van der Waals surface area contributed by atoms with E-state index in [2.05, 4.69) is 25.6 Å². The number of rotatable bonds is 11. The number of nitrogens with two attached hydrogens (primary N) is 1. The lowest BCUT2D eigenvalue weighted by Crippen LogP contribution is -2.52. The van der Waals surface area contributed by atoms with E-state index in [0.29, 0.717) is 60.3 Å². The van der Waals surface area contributed by atoms with E-state index in [1.54, 1.807) is 24.3 Å². The lowest BCUT2D eigenvalue weighted by Gasteiger charge is -2.36. The second kappa shape index (κ2) is 15.8. The average molecular weight is 712 g/mol. The number of aryl methyl sites for hydroxylation is 1. The SMILES string of the molecule is Cc1nc(C(=O)NC(C)C)ccc1-c1ccc(C[C@@H](C(N)=O)N(c2ccc3[nH]c(=O)[nH]c3c2)C(=O)[C@H]2CC[C@H](CNC(=O)OC(C)(C)C)CC2)cc1. The van der Waals surface area contributed by atoms with Gasteiger partial charge in [-0.2, -0.15) is 0 Å². The Hall–Kier alpha value is -5.46. The molecule has 13 heteroatoms. The summed E-state index contributed by atoms with van der Waals surface area (Å²) in [6.45, 7) is 11.5. The van der Waals surface area contributed by atoms with Crippen LogP contribution in [0.1, 0.15) is 82.0 Å². The molecule has 0 spiro atoms. The van der Waals surface area contributed by atoms with E-state index in [9.17, 15) is 24.0 Å². The van der Waals surface area contributed by atoms with Crippen molar-refractivity contribution in [2.75, 3.05) is 11.4 Å². The number of nitrogens with zero attached hydrogens (tertiary/aromatic N) is 2. The second-order valence-corrected chi connectivity index (χ2v) is 14.9. The molecule has 1 fully saturated rings. The quantitative estimate of drug-likeness (QED) is 0.142. The summed E-state index contributed by atoms with van der Waals surface area (Å²) < 4.78 is 5.36. The predicted octanol–water partition coefficient (Wildman–Crippen LogP) is 5.13. The molecule has 6 N–H and O–H groups in total. The van der Waals surface area contributed by atoms with E-state index in [-0.39, 0.29) is 41.8 Å². The van der Waals surface area contributed by atoms with Gasteiger partial charge in [0, 0.05) is 41.9 Å². The minimum absolute atomic E-state index is 0.00679. The van der Waals surface area contributed by atoms with Crippen molar-refractivity contribution in [3.63, 3.8) is 0 Å². The molecular weight excluding hydrogens is 662 g/mol. The molecule has 2 aromatic heterocycles. The zero-order valence-electron chi connectivity index (χ0n) is 30.7. The first-order valence-electron chi connectivity index (χ1n) is 17.8. The van der Waals surface area contributed by atoms with Gasteiger partial charge in [-0.25, -0.2) is 14.6 Å². The zero-order valence-corrected chi connectivity index (χ0v) is 30.7. The van der Waals surface area contributed by atoms with Crippen LogP contribution in [-0.4, -0.2) is 63.0 Å². The molecule has 5 rings (SSSR count). The molecule has 2 heterocycles. The fourth-order valence-corrected chi connectivity index (χ4v) is 6.67. The van der Waals surface area contributed by atoms with Crippen molar-refractivity contribution in [2.45, 2.75) is 91.3 Å². The van der Waals surface area contributed by atoms with Crippen LogP contribution < -0.4 is 27.0 Å². The molecule has 1 aliphatic rings. The van der Waals surface area contributed by atoms with Crippen molar-refractivity contribution < 1.29 is 23.9 Å². The number of imidazole rings is 1. The minimum atomic E-state index is -1.02. The van der Waals surface area contributed by atoms with Gasteiger partial charge in [0.1, 0.15) is 17.3 Å². The van der Waals surface area contributed by atoms with Gasteiger partial charge in [0.25, 0.3) is 5.91 Å². The van der Waals surface area contributed by atoms with Gasteiger partial charge >= 0.3 is 11.8 Å². The maximum absolute atomic E-state index is 14.4. The van der Waals surface area contributed by atoms with Crippen LogP contribution in [0.4, 0.5) is 10.5 Å². The van der Waals surface area contributed by atoms with E-state index in [0.717, 1.165) is 16.7 Å². The Morgan fingerprint density at radius 2 is 1.63 bits per heavy atom. The molecule has 2 aromatic carbocycles. The molecule has 0 aliphatic heterocycles. The molecule has 4 aromatic rings. The summed E-state index contributed by atoms with van der Waals surface area (Å²) in [7, 11) is 0. The third kappa shape index (κ3) is 9.45. The van der Waals surface area contributed by atoms with E-state index in [4.69, 9.17) is 10.5 Å². The van der Waals surface area contributed by atoms with Crippen LogP contribution in [0.3, 0.4) is 0 Å². The molecule has 0 saturated heterocycles. The summed E-state index contributed by atoms with van der Waals surface area (Å²) in [5.41, 5.74) is 10.2. The number of aromatic amines is 2. The summed E-state index contributed by atoms with van der Waals surface area (Å²) >= 11 is 0. The van der Waals surface area contributed by atoms with Gasteiger partial charge in [0.15, 0.2) is 0 Å². The molecule has 1 atom stereocenters. The Balaban J connectivity index is 1.36.